The third-order valence-corrected chi connectivity index (χ3v) is 7.42. The largest absolute Gasteiger partial charge is 0.473 e. The molecule has 2 aromatic rings. The molecule has 3 aliphatic rings. The number of aromatic nitrogens is 2. The van der Waals surface area contributed by atoms with Gasteiger partial charge in [-0.15, -0.1) is 0 Å². The maximum Gasteiger partial charge on any atom is 0.407 e. The van der Waals surface area contributed by atoms with Crippen LogP contribution in [0.15, 0.2) is 35.5 Å². The van der Waals surface area contributed by atoms with E-state index in [0.29, 0.717) is 55.9 Å². The molecule has 3 atom stereocenters. The van der Waals surface area contributed by atoms with Crippen LogP contribution in [0.3, 0.4) is 0 Å². The number of hydrogen-bond donors (Lipinski definition) is 1. The number of benzene rings is 1. The normalized spacial score (nSPS) is 24.8. The SMILES string of the molecule is CS(=O)(=O)c1ccc2c(c1)CCN2c1cc(OC2[C@@H]3COC[C@H]2CN(C(=O)O)C3)ncn1. The Hall–Kier alpha value is -2.92. The number of hydrogen-bond acceptors (Lipinski definition) is 8. The van der Waals surface area contributed by atoms with Crippen LogP contribution in [0.5, 0.6) is 5.88 Å². The summed E-state index contributed by atoms with van der Waals surface area (Å²) in [6.45, 7) is 2.32. The van der Waals surface area contributed by atoms with E-state index in [1.54, 1.807) is 18.2 Å². The molecule has 0 saturated carbocycles. The second-order valence-corrected chi connectivity index (χ2v) is 10.5. The van der Waals surface area contributed by atoms with E-state index in [4.69, 9.17) is 9.47 Å². The molecule has 3 aliphatic heterocycles. The van der Waals surface area contributed by atoms with Gasteiger partial charge < -0.3 is 24.4 Å². The number of anilines is 2. The molecule has 0 radical (unpaired) electrons. The van der Waals surface area contributed by atoms with Gasteiger partial charge in [-0.2, -0.15) is 0 Å². The first-order chi connectivity index (χ1) is 15.3. The summed E-state index contributed by atoms with van der Waals surface area (Å²) in [5, 5.41) is 9.35. The van der Waals surface area contributed by atoms with Crippen molar-refractivity contribution in [2.75, 3.05) is 44.0 Å². The summed E-state index contributed by atoms with van der Waals surface area (Å²) in [7, 11) is -3.26. The van der Waals surface area contributed by atoms with Gasteiger partial charge in [0.05, 0.1) is 18.1 Å². The predicted molar refractivity (Wildman–Crippen MR) is 114 cm³/mol. The Morgan fingerprint density at radius 2 is 1.94 bits per heavy atom. The van der Waals surface area contributed by atoms with Crippen LogP contribution in [0.1, 0.15) is 5.56 Å². The molecular formula is C21H24N4O6S. The third kappa shape index (κ3) is 3.86. The maximum atomic E-state index is 11.9. The zero-order valence-electron chi connectivity index (χ0n) is 17.5. The van der Waals surface area contributed by atoms with E-state index in [0.717, 1.165) is 11.3 Å². The van der Waals surface area contributed by atoms with Gasteiger partial charge in [0.1, 0.15) is 18.2 Å². The van der Waals surface area contributed by atoms with Crippen molar-refractivity contribution in [2.24, 2.45) is 11.8 Å². The summed E-state index contributed by atoms with van der Waals surface area (Å²) in [6.07, 6.45) is 2.28. The molecule has 1 N–H and O–H groups in total. The first-order valence-electron chi connectivity index (χ1n) is 10.4. The van der Waals surface area contributed by atoms with Crippen LogP contribution in [-0.2, 0) is 21.0 Å². The van der Waals surface area contributed by atoms with Crippen molar-refractivity contribution in [2.45, 2.75) is 17.4 Å². The molecule has 2 fully saturated rings. The minimum Gasteiger partial charge on any atom is -0.473 e. The van der Waals surface area contributed by atoms with Crippen molar-refractivity contribution in [3.8, 4) is 5.88 Å². The highest BCUT2D eigenvalue weighted by atomic mass is 32.2. The van der Waals surface area contributed by atoms with E-state index in [9.17, 15) is 18.3 Å². The van der Waals surface area contributed by atoms with Gasteiger partial charge in [-0.3, -0.25) is 0 Å². The van der Waals surface area contributed by atoms with Crippen molar-refractivity contribution in [1.29, 1.82) is 0 Å². The van der Waals surface area contributed by atoms with Crippen molar-refractivity contribution < 1.29 is 27.8 Å². The van der Waals surface area contributed by atoms with E-state index in [1.807, 2.05) is 11.0 Å². The molecule has 5 rings (SSSR count). The topological polar surface area (TPSA) is 122 Å². The molecule has 170 valence electrons. The number of likely N-dealkylation sites (tertiary alicyclic amines) is 1. The van der Waals surface area contributed by atoms with Gasteiger partial charge in [0.2, 0.25) is 5.88 Å². The zero-order chi connectivity index (χ0) is 22.5. The highest BCUT2D eigenvalue weighted by Gasteiger charge is 2.43. The van der Waals surface area contributed by atoms with Gasteiger partial charge in [0, 0.05) is 49.5 Å². The Bertz CT molecular complexity index is 1140. The average molecular weight is 461 g/mol. The average Bonchev–Trinajstić information content (AvgIpc) is 3.16. The lowest BCUT2D eigenvalue weighted by Crippen LogP contribution is -2.58. The minimum absolute atomic E-state index is 0.0565. The highest BCUT2D eigenvalue weighted by Crippen LogP contribution is 2.36. The lowest BCUT2D eigenvalue weighted by Gasteiger charge is -2.45. The Morgan fingerprint density at radius 1 is 1.19 bits per heavy atom. The van der Waals surface area contributed by atoms with E-state index < -0.39 is 15.9 Å². The zero-order valence-corrected chi connectivity index (χ0v) is 18.4. The molecule has 2 bridgehead atoms. The summed E-state index contributed by atoms with van der Waals surface area (Å²) in [4.78, 5) is 23.8. The smallest absolute Gasteiger partial charge is 0.407 e. The first kappa shape index (κ1) is 21.0. The van der Waals surface area contributed by atoms with Crippen LogP contribution >= 0.6 is 0 Å². The fourth-order valence-corrected chi connectivity index (χ4v) is 5.45. The number of fused-ring (bicyclic) bond motifs is 3. The minimum atomic E-state index is -3.26. The number of rotatable bonds is 4. The molecular weight excluding hydrogens is 436 g/mol. The summed E-state index contributed by atoms with van der Waals surface area (Å²) < 4.78 is 35.6. The summed E-state index contributed by atoms with van der Waals surface area (Å²) in [5.41, 5.74) is 1.88. The molecule has 0 spiro atoms. The molecule has 1 aromatic carbocycles. The lowest BCUT2D eigenvalue weighted by molar-refractivity contribution is -0.108. The molecule has 4 heterocycles. The van der Waals surface area contributed by atoms with Crippen molar-refractivity contribution in [3.63, 3.8) is 0 Å². The first-order valence-corrected chi connectivity index (χ1v) is 12.3. The number of sulfone groups is 1. The third-order valence-electron chi connectivity index (χ3n) is 6.31. The van der Waals surface area contributed by atoms with Gasteiger partial charge in [0.25, 0.3) is 0 Å². The molecule has 2 saturated heterocycles. The van der Waals surface area contributed by atoms with Gasteiger partial charge in [0.15, 0.2) is 9.84 Å². The Labute approximate surface area is 185 Å². The maximum absolute atomic E-state index is 11.9. The van der Waals surface area contributed by atoms with Crippen LogP contribution in [0.25, 0.3) is 0 Å². The summed E-state index contributed by atoms with van der Waals surface area (Å²) >= 11 is 0. The van der Waals surface area contributed by atoms with E-state index in [2.05, 4.69) is 9.97 Å². The molecule has 11 heteroatoms. The monoisotopic (exact) mass is 460 g/mol. The van der Waals surface area contributed by atoms with Crippen LogP contribution in [0, 0.1) is 11.8 Å². The van der Waals surface area contributed by atoms with Gasteiger partial charge >= 0.3 is 6.09 Å². The van der Waals surface area contributed by atoms with Crippen LogP contribution in [0.2, 0.25) is 0 Å². The van der Waals surface area contributed by atoms with Gasteiger partial charge in [-0.1, -0.05) is 0 Å². The van der Waals surface area contributed by atoms with Crippen molar-refractivity contribution in [1.82, 2.24) is 14.9 Å². The van der Waals surface area contributed by atoms with E-state index in [1.165, 1.54) is 17.5 Å². The molecule has 1 amide bonds. The van der Waals surface area contributed by atoms with Gasteiger partial charge in [-0.25, -0.2) is 23.2 Å². The van der Waals surface area contributed by atoms with E-state index in [-0.39, 0.29) is 17.9 Å². The lowest BCUT2D eigenvalue weighted by atomic mass is 9.85. The van der Waals surface area contributed by atoms with Crippen LogP contribution < -0.4 is 9.64 Å². The quantitative estimate of drug-likeness (QED) is 0.724. The van der Waals surface area contributed by atoms with Crippen molar-refractivity contribution >= 4 is 27.4 Å². The van der Waals surface area contributed by atoms with Crippen LogP contribution in [0.4, 0.5) is 16.3 Å². The Morgan fingerprint density at radius 3 is 2.62 bits per heavy atom. The summed E-state index contributed by atoms with van der Waals surface area (Å²) in [6, 6.07) is 6.92. The molecule has 1 aromatic heterocycles. The second-order valence-electron chi connectivity index (χ2n) is 8.51. The number of carbonyl (C=O) groups is 1. The number of ether oxygens (including phenoxy) is 2. The molecule has 0 aliphatic carbocycles. The van der Waals surface area contributed by atoms with Crippen molar-refractivity contribution in [3.05, 3.63) is 36.2 Å². The number of nitrogens with zero attached hydrogens (tertiary/aromatic N) is 4. The number of piperidine rings is 1. The second kappa shape index (κ2) is 7.89. The van der Waals surface area contributed by atoms with E-state index >= 15 is 0 Å². The molecule has 10 nitrogen and oxygen atoms in total. The fraction of sp³-hybridized carbons (Fsp3) is 0.476. The Kier molecular flexibility index (Phi) is 5.17. The molecule has 32 heavy (non-hydrogen) atoms. The predicted octanol–water partition coefficient (Wildman–Crippen LogP) is 1.58. The Balaban J connectivity index is 1.36. The standard InChI is InChI=1S/C21H24N4O6S/c1-32(28,29)16-2-3-17-13(6-16)4-5-25(17)18-7-19(23-12-22-18)31-20-14-8-24(21(26)27)9-15(20)11-30-10-14/h2-3,6-7,12,14-15,20H,4-5,8-11H2,1H3,(H,26,27)/t14-,15+,20?. The molecule has 1 unspecified atom stereocenters. The highest BCUT2D eigenvalue weighted by molar-refractivity contribution is 7.90. The fourth-order valence-electron chi connectivity index (χ4n) is 4.78. The van der Waals surface area contributed by atoms with Crippen LogP contribution in [-0.4, -0.2) is 79.7 Å². The van der Waals surface area contributed by atoms with Gasteiger partial charge in [-0.05, 0) is 30.2 Å². The number of carboxylic acid groups (broad SMARTS) is 1. The summed E-state index contributed by atoms with van der Waals surface area (Å²) in [5.74, 6) is 0.991. The number of amides is 1.